The van der Waals surface area contributed by atoms with E-state index in [1.807, 2.05) is 0 Å². The van der Waals surface area contributed by atoms with Crippen LogP contribution in [-0.4, -0.2) is 35.9 Å². The molecule has 2 atom stereocenters. The second kappa shape index (κ2) is 6.58. The van der Waals surface area contributed by atoms with Gasteiger partial charge in [-0.05, 0) is 12.1 Å². The van der Waals surface area contributed by atoms with Gasteiger partial charge in [0.05, 0.1) is 12.1 Å². The third-order valence-corrected chi connectivity index (χ3v) is 2.78. The van der Waals surface area contributed by atoms with Crippen molar-refractivity contribution in [1.29, 1.82) is 0 Å². The number of benzene rings is 1. The molecule has 5 nitrogen and oxygen atoms in total. The van der Waals surface area contributed by atoms with Gasteiger partial charge in [-0.2, -0.15) is 0 Å². The topological polar surface area (TPSA) is 78.8 Å². The summed E-state index contributed by atoms with van der Waals surface area (Å²) in [6, 6.07) is 4.90. The first-order valence-electron chi connectivity index (χ1n) is 5.40. The normalized spacial score (nSPS) is 13.8. The highest BCUT2D eigenvalue weighted by atomic mass is 35.5. The molecule has 0 aliphatic carbocycles. The molecular formula is C12H16ClNO4. The second-order valence-electron chi connectivity index (χ2n) is 3.81. The Balaban J connectivity index is 2.88. The average molecular weight is 274 g/mol. The van der Waals surface area contributed by atoms with Crippen molar-refractivity contribution in [2.24, 2.45) is 0 Å². The SMILES string of the molecule is COc1cccc(Cl)c1C(O)C(O)CNC(C)=O. The van der Waals surface area contributed by atoms with Gasteiger partial charge in [0.2, 0.25) is 5.91 Å². The Labute approximate surface area is 110 Å². The summed E-state index contributed by atoms with van der Waals surface area (Å²) in [5.74, 6) is 0.101. The summed E-state index contributed by atoms with van der Waals surface area (Å²) in [6.45, 7) is 1.26. The molecular weight excluding hydrogens is 258 g/mol. The molecule has 100 valence electrons. The van der Waals surface area contributed by atoms with Crippen LogP contribution in [0, 0.1) is 0 Å². The van der Waals surface area contributed by atoms with Crippen LogP contribution in [0.25, 0.3) is 0 Å². The monoisotopic (exact) mass is 273 g/mol. The fourth-order valence-electron chi connectivity index (χ4n) is 1.53. The minimum absolute atomic E-state index is 0.0646. The molecule has 1 rings (SSSR count). The number of methoxy groups -OCH3 is 1. The summed E-state index contributed by atoms with van der Waals surface area (Å²) in [5, 5.41) is 22.5. The predicted molar refractivity (Wildman–Crippen MR) is 67.7 cm³/mol. The van der Waals surface area contributed by atoms with Crippen molar-refractivity contribution in [2.75, 3.05) is 13.7 Å². The zero-order valence-corrected chi connectivity index (χ0v) is 10.9. The lowest BCUT2D eigenvalue weighted by Crippen LogP contribution is -2.34. The molecule has 0 aromatic heterocycles. The minimum atomic E-state index is -1.24. The molecule has 2 unspecified atom stereocenters. The molecule has 1 aromatic rings. The minimum Gasteiger partial charge on any atom is -0.496 e. The number of carbonyl (C=O) groups is 1. The lowest BCUT2D eigenvalue weighted by atomic mass is 10.0. The summed E-state index contributed by atoms with van der Waals surface area (Å²) in [7, 11) is 1.45. The predicted octanol–water partition coefficient (Wildman–Crippen LogP) is 0.879. The Morgan fingerprint density at radius 1 is 1.50 bits per heavy atom. The fourth-order valence-corrected chi connectivity index (χ4v) is 1.81. The molecule has 0 spiro atoms. The average Bonchev–Trinajstić information content (AvgIpc) is 2.34. The fraction of sp³-hybridized carbons (Fsp3) is 0.417. The van der Waals surface area contributed by atoms with Crippen molar-refractivity contribution in [1.82, 2.24) is 5.32 Å². The van der Waals surface area contributed by atoms with Gasteiger partial charge in [0.15, 0.2) is 0 Å². The highest BCUT2D eigenvalue weighted by Crippen LogP contribution is 2.33. The lowest BCUT2D eigenvalue weighted by Gasteiger charge is -2.21. The Bertz CT molecular complexity index is 425. The van der Waals surface area contributed by atoms with E-state index in [0.717, 1.165) is 0 Å². The number of aliphatic hydroxyl groups is 2. The first-order chi connectivity index (χ1) is 8.47. The third-order valence-electron chi connectivity index (χ3n) is 2.45. The first kappa shape index (κ1) is 14.8. The van der Waals surface area contributed by atoms with Crippen LogP contribution >= 0.6 is 11.6 Å². The first-order valence-corrected chi connectivity index (χ1v) is 5.78. The van der Waals surface area contributed by atoms with Crippen LogP contribution in [0.15, 0.2) is 18.2 Å². The highest BCUT2D eigenvalue weighted by Gasteiger charge is 2.24. The summed E-state index contributed by atoms with van der Waals surface area (Å²) in [4.78, 5) is 10.7. The summed E-state index contributed by atoms with van der Waals surface area (Å²) in [5.41, 5.74) is 0.305. The van der Waals surface area contributed by atoms with Crippen molar-refractivity contribution in [3.8, 4) is 5.75 Å². The van der Waals surface area contributed by atoms with E-state index in [9.17, 15) is 15.0 Å². The summed E-state index contributed by atoms with van der Waals surface area (Å²) >= 11 is 5.97. The maximum absolute atomic E-state index is 10.7. The second-order valence-corrected chi connectivity index (χ2v) is 4.21. The van der Waals surface area contributed by atoms with Gasteiger partial charge in [-0.1, -0.05) is 17.7 Å². The van der Waals surface area contributed by atoms with E-state index in [4.69, 9.17) is 16.3 Å². The number of carbonyl (C=O) groups excluding carboxylic acids is 1. The molecule has 0 heterocycles. The van der Waals surface area contributed by atoms with Gasteiger partial charge in [-0.25, -0.2) is 0 Å². The maximum Gasteiger partial charge on any atom is 0.216 e. The number of ether oxygens (including phenoxy) is 1. The third kappa shape index (κ3) is 3.60. The highest BCUT2D eigenvalue weighted by molar-refractivity contribution is 6.31. The molecule has 3 N–H and O–H groups in total. The number of halogens is 1. The molecule has 18 heavy (non-hydrogen) atoms. The van der Waals surface area contributed by atoms with Gasteiger partial charge in [0.1, 0.15) is 18.0 Å². The molecule has 6 heteroatoms. The molecule has 0 bridgehead atoms. The van der Waals surface area contributed by atoms with Crippen molar-refractivity contribution < 1.29 is 19.7 Å². The van der Waals surface area contributed by atoms with Crippen molar-refractivity contribution >= 4 is 17.5 Å². The number of amides is 1. The molecule has 0 radical (unpaired) electrons. The van der Waals surface area contributed by atoms with Crippen molar-refractivity contribution in [2.45, 2.75) is 19.1 Å². The zero-order chi connectivity index (χ0) is 13.7. The number of rotatable bonds is 5. The van der Waals surface area contributed by atoms with Gasteiger partial charge in [0.25, 0.3) is 0 Å². The smallest absolute Gasteiger partial charge is 0.216 e. The number of aliphatic hydroxyl groups excluding tert-OH is 2. The van der Waals surface area contributed by atoms with Crippen LogP contribution in [-0.2, 0) is 4.79 Å². The van der Waals surface area contributed by atoms with Gasteiger partial charge >= 0.3 is 0 Å². The molecule has 1 aromatic carbocycles. The quantitative estimate of drug-likeness (QED) is 0.744. The van der Waals surface area contributed by atoms with Gasteiger partial charge in [-0.15, -0.1) is 0 Å². The van der Waals surface area contributed by atoms with Crippen LogP contribution in [0.1, 0.15) is 18.6 Å². The van der Waals surface area contributed by atoms with Gasteiger partial charge < -0.3 is 20.3 Å². The molecule has 0 fully saturated rings. The van der Waals surface area contributed by atoms with E-state index >= 15 is 0 Å². The molecule has 0 saturated heterocycles. The van der Waals surface area contributed by atoms with E-state index in [1.54, 1.807) is 18.2 Å². The van der Waals surface area contributed by atoms with Crippen LogP contribution < -0.4 is 10.1 Å². The van der Waals surface area contributed by atoms with Crippen LogP contribution in [0.2, 0.25) is 5.02 Å². The Morgan fingerprint density at radius 2 is 2.17 bits per heavy atom. The maximum atomic E-state index is 10.7. The summed E-state index contributed by atoms with van der Waals surface area (Å²) in [6.07, 6.45) is -2.40. The molecule has 1 amide bonds. The zero-order valence-electron chi connectivity index (χ0n) is 10.2. The Hall–Kier alpha value is -1.30. The standard InChI is InChI=1S/C12H16ClNO4/c1-7(15)14-6-9(16)12(17)11-8(13)4-3-5-10(11)18-2/h3-5,9,12,16-17H,6H2,1-2H3,(H,14,15). The van der Waals surface area contributed by atoms with Gasteiger partial charge in [-0.3, -0.25) is 4.79 Å². The van der Waals surface area contributed by atoms with E-state index in [0.29, 0.717) is 16.3 Å². The van der Waals surface area contributed by atoms with E-state index in [-0.39, 0.29) is 12.5 Å². The largest absolute Gasteiger partial charge is 0.496 e. The Morgan fingerprint density at radius 3 is 2.72 bits per heavy atom. The number of hydrogen-bond acceptors (Lipinski definition) is 4. The van der Waals surface area contributed by atoms with Crippen molar-refractivity contribution in [3.63, 3.8) is 0 Å². The van der Waals surface area contributed by atoms with Crippen LogP contribution in [0.3, 0.4) is 0 Å². The van der Waals surface area contributed by atoms with E-state index in [1.165, 1.54) is 14.0 Å². The van der Waals surface area contributed by atoms with Crippen LogP contribution in [0.5, 0.6) is 5.75 Å². The lowest BCUT2D eigenvalue weighted by molar-refractivity contribution is -0.119. The molecule has 0 aliphatic heterocycles. The van der Waals surface area contributed by atoms with Crippen molar-refractivity contribution in [3.05, 3.63) is 28.8 Å². The summed E-state index contributed by atoms with van der Waals surface area (Å²) < 4.78 is 5.08. The number of hydrogen-bond donors (Lipinski definition) is 3. The number of nitrogens with one attached hydrogen (secondary N) is 1. The molecule has 0 aliphatic rings. The van der Waals surface area contributed by atoms with E-state index < -0.39 is 12.2 Å². The Kier molecular flexibility index (Phi) is 5.40. The van der Waals surface area contributed by atoms with E-state index in [2.05, 4.69) is 5.32 Å². The van der Waals surface area contributed by atoms with Gasteiger partial charge in [0, 0.05) is 19.0 Å². The van der Waals surface area contributed by atoms with Crippen LogP contribution in [0.4, 0.5) is 0 Å². The molecule has 0 saturated carbocycles.